The Bertz CT molecular complexity index is 1870. The van der Waals surface area contributed by atoms with Crippen molar-refractivity contribution in [2.24, 2.45) is 56.7 Å². The van der Waals surface area contributed by atoms with Gasteiger partial charge in [-0.1, -0.05) is 65.0 Å². The maximum Gasteiger partial charge on any atom is 0.335 e. The summed E-state index contributed by atoms with van der Waals surface area (Å²) in [5, 5.41) is 26.4. The zero-order chi connectivity index (χ0) is 39.7. The molecule has 55 heavy (non-hydrogen) atoms. The summed E-state index contributed by atoms with van der Waals surface area (Å²) in [7, 11) is 0. The smallest absolute Gasteiger partial charge is 0.335 e. The molecule has 298 valence electrons. The highest BCUT2D eigenvalue weighted by atomic mass is 19.1. The van der Waals surface area contributed by atoms with Gasteiger partial charge in [0.15, 0.2) is 0 Å². The van der Waals surface area contributed by atoms with Crippen LogP contribution in [0.2, 0.25) is 0 Å². The standard InChI is InChI=1S/C47H63FN2O5/c1-28(2)32-15-21-47(42(55)50-27-30-11-13-35(48)33(26-30)40(52)49-24-18-29-9-8-10-31(25-29)41(53)54)23-22-45(6)34(39(32)47)12-14-37-44(5)19-17-38(51)43(3,4)36(44)16-20-46(37,45)7/h8-11,13,25-26,32,34,36-39,51H,1,12,14-24,27H2,2-7H3,(H,49,52)(H,50,55)(H,53,54)/t32-,34?,36?,37?,38-,39?,44-,45+,46+,47-/m0/s1. The number of aliphatic hydroxyl groups excluding tert-OH is 1. The highest BCUT2D eigenvalue weighted by Gasteiger charge is 2.71. The largest absolute Gasteiger partial charge is 0.478 e. The van der Waals surface area contributed by atoms with E-state index in [9.17, 15) is 29.0 Å². The summed E-state index contributed by atoms with van der Waals surface area (Å²) in [6, 6.07) is 11.0. The maximum absolute atomic E-state index is 15.0. The van der Waals surface area contributed by atoms with E-state index in [-0.39, 0.29) is 63.8 Å². The predicted molar refractivity (Wildman–Crippen MR) is 213 cm³/mol. The van der Waals surface area contributed by atoms with Crippen molar-refractivity contribution in [2.45, 2.75) is 125 Å². The number of benzene rings is 2. The molecule has 5 aliphatic carbocycles. The van der Waals surface area contributed by atoms with E-state index in [4.69, 9.17) is 0 Å². The number of hydrogen-bond donors (Lipinski definition) is 4. The number of carboxylic acid groups (broad SMARTS) is 1. The maximum atomic E-state index is 15.0. The molecule has 7 rings (SSSR count). The average molecular weight is 755 g/mol. The van der Waals surface area contributed by atoms with Crippen LogP contribution in [0.15, 0.2) is 54.6 Å². The Morgan fingerprint density at radius 3 is 2.33 bits per heavy atom. The minimum atomic E-state index is -1.02. The number of rotatable bonds is 9. The molecule has 2 aromatic carbocycles. The molecular formula is C47H63FN2O5. The van der Waals surface area contributed by atoms with Gasteiger partial charge in [-0.25, -0.2) is 9.18 Å². The molecule has 0 spiro atoms. The molecule has 0 bridgehead atoms. The van der Waals surface area contributed by atoms with Gasteiger partial charge in [-0.05, 0) is 164 Å². The summed E-state index contributed by atoms with van der Waals surface area (Å²) < 4.78 is 15.0. The Morgan fingerprint density at radius 1 is 0.836 bits per heavy atom. The van der Waals surface area contributed by atoms with Crippen molar-refractivity contribution >= 4 is 17.8 Å². The van der Waals surface area contributed by atoms with Crippen LogP contribution in [0.25, 0.3) is 0 Å². The van der Waals surface area contributed by atoms with Crippen molar-refractivity contribution in [3.8, 4) is 0 Å². The van der Waals surface area contributed by atoms with Crippen LogP contribution in [-0.2, 0) is 17.8 Å². The van der Waals surface area contributed by atoms with Crippen LogP contribution in [-0.4, -0.2) is 40.6 Å². The molecule has 7 nitrogen and oxygen atoms in total. The van der Waals surface area contributed by atoms with E-state index in [0.717, 1.165) is 56.9 Å². The fraction of sp³-hybridized carbons (Fsp3) is 0.638. The molecule has 5 saturated carbocycles. The van der Waals surface area contributed by atoms with Gasteiger partial charge in [-0.2, -0.15) is 0 Å². The first-order chi connectivity index (χ1) is 25.9. The second-order valence-electron chi connectivity index (χ2n) is 19.7. The second kappa shape index (κ2) is 14.1. The number of halogens is 1. The zero-order valence-corrected chi connectivity index (χ0v) is 33.9. The number of aliphatic hydroxyl groups is 1. The third-order valence-corrected chi connectivity index (χ3v) is 17.1. The van der Waals surface area contributed by atoms with E-state index >= 15 is 0 Å². The van der Waals surface area contributed by atoms with Gasteiger partial charge in [0.2, 0.25) is 5.91 Å². The number of aromatic carboxylic acids is 1. The monoisotopic (exact) mass is 754 g/mol. The number of allylic oxidation sites excluding steroid dienone is 1. The molecule has 4 unspecified atom stereocenters. The number of carbonyl (C=O) groups is 3. The lowest BCUT2D eigenvalue weighted by molar-refractivity contribution is -0.246. The summed E-state index contributed by atoms with van der Waals surface area (Å²) in [6.07, 6.45) is 10.4. The van der Waals surface area contributed by atoms with Gasteiger partial charge < -0.3 is 20.8 Å². The lowest BCUT2D eigenvalue weighted by Gasteiger charge is -2.72. The number of carboxylic acids is 1. The van der Waals surface area contributed by atoms with Crippen LogP contribution in [0.3, 0.4) is 0 Å². The molecule has 4 N–H and O–H groups in total. The molecule has 2 aromatic rings. The van der Waals surface area contributed by atoms with E-state index in [0.29, 0.717) is 35.7 Å². The summed E-state index contributed by atoms with van der Waals surface area (Å²) in [4.78, 5) is 39.1. The first-order valence-electron chi connectivity index (χ1n) is 20.9. The molecule has 0 aromatic heterocycles. The summed E-state index contributed by atoms with van der Waals surface area (Å²) in [5.74, 6) is -0.118. The quantitative estimate of drug-likeness (QED) is 0.191. The first kappa shape index (κ1) is 39.7. The Labute approximate surface area is 327 Å². The number of carbonyl (C=O) groups excluding carboxylic acids is 2. The molecule has 8 heteroatoms. The predicted octanol–water partition coefficient (Wildman–Crippen LogP) is 9.13. The van der Waals surface area contributed by atoms with Crippen molar-refractivity contribution in [1.82, 2.24) is 10.6 Å². The van der Waals surface area contributed by atoms with Crippen molar-refractivity contribution in [3.63, 3.8) is 0 Å². The van der Waals surface area contributed by atoms with Crippen LogP contribution in [0, 0.1) is 62.5 Å². The highest BCUT2D eigenvalue weighted by Crippen LogP contribution is 2.77. The Hall–Kier alpha value is -3.52. The van der Waals surface area contributed by atoms with Gasteiger partial charge in [0.1, 0.15) is 5.82 Å². The Morgan fingerprint density at radius 2 is 1.60 bits per heavy atom. The van der Waals surface area contributed by atoms with Crippen molar-refractivity contribution in [3.05, 3.63) is 82.7 Å². The Kier molecular flexibility index (Phi) is 10.2. The van der Waals surface area contributed by atoms with E-state index in [1.165, 1.54) is 36.6 Å². The minimum absolute atomic E-state index is 0.0770. The van der Waals surface area contributed by atoms with Crippen LogP contribution in [0.1, 0.15) is 138 Å². The van der Waals surface area contributed by atoms with Crippen molar-refractivity contribution < 1.29 is 29.0 Å². The zero-order valence-electron chi connectivity index (χ0n) is 33.9. The van der Waals surface area contributed by atoms with Crippen molar-refractivity contribution in [2.75, 3.05) is 6.54 Å². The molecule has 0 saturated heterocycles. The lowest BCUT2D eigenvalue weighted by atomic mass is 9.32. The molecule has 5 aliphatic rings. The molecule has 0 radical (unpaired) electrons. The van der Waals surface area contributed by atoms with Crippen LogP contribution in [0.4, 0.5) is 4.39 Å². The molecule has 0 heterocycles. The van der Waals surface area contributed by atoms with Crippen LogP contribution < -0.4 is 10.6 Å². The summed E-state index contributed by atoms with van der Waals surface area (Å²) in [5.41, 5.74) is 2.55. The van der Waals surface area contributed by atoms with Gasteiger partial charge in [-0.3, -0.25) is 9.59 Å². The van der Waals surface area contributed by atoms with Gasteiger partial charge >= 0.3 is 5.97 Å². The molecule has 5 fully saturated rings. The molecule has 10 atom stereocenters. The fourth-order valence-corrected chi connectivity index (χ4v) is 14.0. The lowest BCUT2D eigenvalue weighted by Crippen LogP contribution is -2.67. The summed E-state index contributed by atoms with van der Waals surface area (Å²) in [6.45, 7) is 19.4. The van der Waals surface area contributed by atoms with Gasteiger partial charge in [0.25, 0.3) is 5.91 Å². The topological polar surface area (TPSA) is 116 Å². The third kappa shape index (κ3) is 6.28. The highest BCUT2D eigenvalue weighted by molar-refractivity contribution is 5.94. The van der Waals surface area contributed by atoms with Gasteiger partial charge in [0.05, 0.1) is 22.6 Å². The fourth-order valence-electron chi connectivity index (χ4n) is 14.0. The normalized spacial score (nSPS) is 37.4. The SMILES string of the molecule is C=C(C)[C@@H]1CC[C@]2(C(=O)NCc3ccc(F)c(C(=O)NCCc4cccc(C(=O)O)c4)c3)CC[C@]3(C)C(CCC4[C@@]5(C)CC[C@H](O)C(C)(C)C5CC[C@]43C)C12. The van der Waals surface area contributed by atoms with E-state index in [2.05, 4.69) is 58.8 Å². The summed E-state index contributed by atoms with van der Waals surface area (Å²) >= 11 is 0. The third-order valence-electron chi connectivity index (χ3n) is 17.1. The van der Waals surface area contributed by atoms with Gasteiger partial charge in [0, 0.05) is 13.1 Å². The van der Waals surface area contributed by atoms with E-state index < -0.39 is 23.1 Å². The van der Waals surface area contributed by atoms with Crippen LogP contribution in [0.5, 0.6) is 0 Å². The van der Waals surface area contributed by atoms with Crippen molar-refractivity contribution in [1.29, 1.82) is 0 Å². The number of nitrogens with one attached hydrogen (secondary N) is 2. The van der Waals surface area contributed by atoms with E-state index in [1.54, 1.807) is 24.3 Å². The second-order valence-corrected chi connectivity index (χ2v) is 19.7. The molecular weight excluding hydrogens is 692 g/mol. The van der Waals surface area contributed by atoms with Gasteiger partial charge in [-0.15, -0.1) is 0 Å². The Balaban J connectivity index is 1.07. The number of amides is 2. The van der Waals surface area contributed by atoms with Crippen LogP contribution >= 0.6 is 0 Å². The number of fused-ring (bicyclic) bond motifs is 7. The first-order valence-corrected chi connectivity index (χ1v) is 20.9. The molecule has 2 amide bonds. The molecule has 0 aliphatic heterocycles. The van der Waals surface area contributed by atoms with E-state index in [1.807, 2.05) is 0 Å². The average Bonchev–Trinajstić information content (AvgIpc) is 3.55. The number of hydrogen-bond acceptors (Lipinski definition) is 4. The minimum Gasteiger partial charge on any atom is -0.478 e.